The molecule has 0 heterocycles. The normalized spacial score (nSPS) is 11.2. The van der Waals surface area contributed by atoms with Crippen LogP contribution in [0, 0.1) is 0 Å². The summed E-state index contributed by atoms with van der Waals surface area (Å²) in [4.78, 5) is 4.60. The van der Waals surface area contributed by atoms with Crippen LogP contribution in [0.5, 0.6) is 17.2 Å². The summed E-state index contributed by atoms with van der Waals surface area (Å²) in [5.41, 5.74) is 1.86. The van der Waals surface area contributed by atoms with E-state index in [1.54, 1.807) is 20.3 Å². The van der Waals surface area contributed by atoms with Gasteiger partial charge in [0, 0.05) is 24.7 Å². The fourth-order valence-corrected chi connectivity index (χ4v) is 3.00. The van der Waals surface area contributed by atoms with E-state index in [2.05, 4.69) is 15.6 Å². The number of nitrogens with one attached hydrogen (secondary N) is 2. The predicted octanol–water partition coefficient (Wildman–Crippen LogP) is 3.40. The number of guanidine groups is 1. The van der Waals surface area contributed by atoms with Gasteiger partial charge in [-0.15, -0.1) is 0 Å². The van der Waals surface area contributed by atoms with Crippen LogP contribution in [0.4, 0.5) is 0 Å². The van der Waals surface area contributed by atoms with E-state index in [0.717, 1.165) is 35.8 Å². The van der Waals surface area contributed by atoms with Crippen molar-refractivity contribution in [3.05, 3.63) is 52.5 Å². The number of methoxy groups -OCH3 is 2. The molecule has 2 aromatic rings. The highest BCUT2D eigenvalue weighted by Crippen LogP contribution is 2.29. The highest BCUT2D eigenvalue weighted by atomic mass is 35.5. The van der Waals surface area contributed by atoms with Gasteiger partial charge in [0.1, 0.15) is 5.75 Å². The summed E-state index contributed by atoms with van der Waals surface area (Å²) in [5.74, 6) is 2.14. The monoisotopic (exact) mass is 405 g/mol. The molecule has 3 N–H and O–H groups in total. The second-order valence-electron chi connectivity index (χ2n) is 6.11. The van der Waals surface area contributed by atoms with Gasteiger partial charge in [0.15, 0.2) is 17.5 Å². The molecule has 7 heteroatoms. The molecule has 0 radical (unpaired) electrons. The molecule has 2 aromatic carbocycles. The van der Waals surface area contributed by atoms with Gasteiger partial charge in [0.05, 0.1) is 14.2 Å². The van der Waals surface area contributed by atoms with Crippen molar-refractivity contribution in [2.24, 2.45) is 4.99 Å². The Morgan fingerprint density at radius 3 is 2.57 bits per heavy atom. The Morgan fingerprint density at radius 1 is 1.07 bits per heavy atom. The lowest BCUT2D eigenvalue weighted by Crippen LogP contribution is -2.38. The highest BCUT2D eigenvalue weighted by Gasteiger charge is 2.07. The molecule has 0 spiro atoms. The van der Waals surface area contributed by atoms with Crippen molar-refractivity contribution in [1.29, 1.82) is 0 Å². The fraction of sp³-hybridized carbons (Fsp3) is 0.381. The lowest BCUT2D eigenvalue weighted by Gasteiger charge is -2.13. The van der Waals surface area contributed by atoms with Gasteiger partial charge in [-0.25, -0.2) is 0 Å². The van der Waals surface area contributed by atoms with Crippen molar-refractivity contribution in [2.45, 2.75) is 19.8 Å². The number of aliphatic imine (C=N–C) groups is 1. The summed E-state index contributed by atoms with van der Waals surface area (Å²) >= 11 is 6.28. The zero-order chi connectivity index (χ0) is 20.4. The van der Waals surface area contributed by atoms with E-state index in [4.69, 9.17) is 21.1 Å². The number of rotatable bonds is 9. The van der Waals surface area contributed by atoms with Gasteiger partial charge in [-0.05, 0) is 49.1 Å². The maximum atomic E-state index is 10.2. The van der Waals surface area contributed by atoms with Crippen LogP contribution in [0.15, 0.2) is 41.4 Å². The predicted molar refractivity (Wildman–Crippen MR) is 114 cm³/mol. The molecule has 0 amide bonds. The minimum atomic E-state index is 0.183. The minimum Gasteiger partial charge on any atom is -0.504 e. The third-order valence-corrected chi connectivity index (χ3v) is 4.60. The molecular weight excluding hydrogens is 378 g/mol. The van der Waals surface area contributed by atoms with Gasteiger partial charge < -0.3 is 25.2 Å². The number of nitrogens with zero attached hydrogens (tertiary/aromatic N) is 1. The molecule has 0 atom stereocenters. The van der Waals surface area contributed by atoms with E-state index in [0.29, 0.717) is 30.3 Å². The SMILES string of the molecule is CCNC(=NCCc1ccc(OC)cc1Cl)NCCc1cccc(OC)c1O. The zero-order valence-corrected chi connectivity index (χ0v) is 17.3. The topological polar surface area (TPSA) is 75.1 Å². The number of para-hydroxylation sites is 1. The highest BCUT2D eigenvalue weighted by molar-refractivity contribution is 6.31. The molecule has 152 valence electrons. The van der Waals surface area contributed by atoms with Gasteiger partial charge >= 0.3 is 0 Å². The van der Waals surface area contributed by atoms with Crippen LogP contribution >= 0.6 is 11.6 Å². The first kappa shape index (κ1) is 21.7. The number of halogens is 1. The smallest absolute Gasteiger partial charge is 0.191 e. The van der Waals surface area contributed by atoms with E-state index in [-0.39, 0.29) is 5.75 Å². The molecule has 28 heavy (non-hydrogen) atoms. The molecule has 0 aliphatic heterocycles. The number of benzene rings is 2. The van der Waals surface area contributed by atoms with E-state index in [1.807, 2.05) is 37.3 Å². The van der Waals surface area contributed by atoms with Gasteiger partial charge in [-0.1, -0.05) is 29.8 Å². The standard InChI is InChI=1S/C21H28ClN3O3/c1-4-23-21(24-12-10-15-8-9-17(27-2)14-18(15)22)25-13-11-16-6-5-7-19(28-3)20(16)26/h5-9,14,26H,4,10-13H2,1-3H3,(H2,23,24,25). The molecule has 0 bridgehead atoms. The van der Waals surface area contributed by atoms with Crippen LogP contribution < -0.4 is 20.1 Å². The lowest BCUT2D eigenvalue weighted by molar-refractivity contribution is 0.370. The largest absolute Gasteiger partial charge is 0.504 e. The van der Waals surface area contributed by atoms with Crippen LogP contribution in [0.2, 0.25) is 5.02 Å². The van der Waals surface area contributed by atoms with Crippen LogP contribution in [-0.2, 0) is 12.8 Å². The van der Waals surface area contributed by atoms with E-state index < -0.39 is 0 Å². The van der Waals surface area contributed by atoms with Crippen LogP contribution in [-0.4, -0.2) is 44.9 Å². The third-order valence-electron chi connectivity index (χ3n) is 4.24. The number of hydrogen-bond donors (Lipinski definition) is 3. The Labute approximate surface area is 171 Å². The van der Waals surface area contributed by atoms with Gasteiger partial charge in [0.2, 0.25) is 0 Å². The Hall–Kier alpha value is -2.60. The number of aromatic hydroxyl groups is 1. The molecule has 0 unspecified atom stereocenters. The van der Waals surface area contributed by atoms with Crippen LogP contribution in [0.3, 0.4) is 0 Å². The van der Waals surface area contributed by atoms with Crippen molar-refractivity contribution in [2.75, 3.05) is 33.9 Å². The van der Waals surface area contributed by atoms with Gasteiger partial charge in [-0.3, -0.25) is 4.99 Å². The molecule has 2 rings (SSSR count). The summed E-state index contributed by atoms with van der Waals surface area (Å²) in [5, 5.41) is 17.4. The molecule has 6 nitrogen and oxygen atoms in total. The van der Waals surface area contributed by atoms with E-state index >= 15 is 0 Å². The first-order chi connectivity index (χ1) is 13.6. The van der Waals surface area contributed by atoms with Gasteiger partial charge in [0.25, 0.3) is 0 Å². The molecule has 0 saturated carbocycles. The average molecular weight is 406 g/mol. The number of hydrogen-bond acceptors (Lipinski definition) is 4. The first-order valence-corrected chi connectivity index (χ1v) is 9.66. The molecule has 0 aliphatic rings. The second-order valence-corrected chi connectivity index (χ2v) is 6.52. The maximum absolute atomic E-state index is 10.2. The summed E-state index contributed by atoms with van der Waals surface area (Å²) in [7, 11) is 3.16. The molecule has 0 saturated heterocycles. The number of phenolic OH excluding ortho intramolecular Hbond substituents is 1. The fourth-order valence-electron chi connectivity index (χ4n) is 2.74. The van der Waals surface area contributed by atoms with Crippen molar-refractivity contribution in [1.82, 2.24) is 10.6 Å². The molecule has 0 fully saturated rings. The Bertz CT molecular complexity index is 796. The van der Waals surface area contributed by atoms with Crippen molar-refractivity contribution in [3.63, 3.8) is 0 Å². The Balaban J connectivity index is 1.90. The minimum absolute atomic E-state index is 0.183. The molecule has 0 aromatic heterocycles. The Kier molecular flexibility index (Phi) is 8.75. The Morgan fingerprint density at radius 2 is 1.89 bits per heavy atom. The quantitative estimate of drug-likeness (QED) is 0.440. The second kappa shape index (κ2) is 11.3. The summed E-state index contributed by atoms with van der Waals surface area (Å²) in [6.45, 7) is 4.02. The van der Waals surface area contributed by atoms with Crippen molar-refractivity contribution < 1.29 is 14.6 Å². The number of phenols is 1. The lowest BCUT2D eigenvalue weighted by atomic mass is 10.1. The molecule has 0 aliphatic carbocycles. The number of ether oxygens (including phenoxy) is 2. The van der Waals surface area contributed by atoms with Crippen LogP contribution in [0.1, 0.15) is 18.1 Å². The van der Waals surface area contributed by atoms with E-state index in [1.165, 1.54) is 0 Å². The maximum Gasteiger partial charge on any atom is 0.191 e. The molecular formula is C21H28ClN3O3. The van der Waals surface area contributed by atoms with E-state index in [9.17, 15) is 5.11 Å². The summed E-state index contributed by atoms with van der Waals surface area (Å²) in [6.07, 6.45) is 1.38. The van der Waals surface area contributed by atoms with Crippen molar-refractivity contribution in [3.8, 4) is 17.2 Å². The summed E-state index contributed by atoms with van der Waals surface area (Å²) < 4.78 is 10.3. The van der Waals surface area contributed by atoms with Gasteiger partial charge in [-0.2, -0.15) is 0 Å². The van der Waals surface area contributed by atoms with Crippen molar-refractivity contribution >= 4 is 17.6 Å². The van der Waals surface area contributed by atoms with Crippen LogP contribution in [0.25, 0.3) is 0 Å². The summed E-state index contributed by atoms with van der Waals surface area (Å²) in [6, 6.07) is 11.2. The zero-order valence-electron chi connectivity index (χ0n) is 16.6. The third kappa shape index (κ3) is 6.23. The first-order valence-electron chi connectivity index (χ1n) is 9.28. The average Bonchev–Trinajstić information content (AvgIpc) is 2.70.